The van der Waals surface area contributed by atoms with Crippen LogP contribution in [-0.4, -0.2) is 11.0 Å². The van der Waals surface area contributed by atoms with Gasteiger partial charge < -0.3 is 16.0 Å². The Morgan fingerprint density at radius 1 is 1.19 bits per heavy atom. The Labute approximate surface area is 159 Å². The molecule has 8 heteroatoms. The number of benzene rings is 2. The predicted molar refractivity (Wildman–Crippen MR) is 101 cm³/mol. The van der Waals surface area contributed by atoms with Crippen LogP contribution in [0.3, 0.4) is 0 Å². The lowest BCUT2D eigenvalue weighted by molar-refractivity contribution is -0.113. The first-order chi connectivity index (χ1) is 12.4. The first kappa shape index (κ1) is 18.3. The molecule has 3 rings (SSSR count). The number of amides is 1. The minimum absolute atomic E-state index is 0.139. The van der Waals surface area contributed by atoms with E-state index in [9.17, 15) is 13.6 Å². The van der Waals surface area contributed by atoms with Gasteiger partial charge in [0.05, 0.1) is 11.6 Å². The fourth-order valence-corrected chi connectivity index (χ4v) is 3.23. The van der Waals surface area contributed by atoms with Crippen LogP contribution in [0.25, 0.3) is 0 Å². The smallest absolute Gasteiger partial charge is 0.255 e. The summed E-state index contributed by atoms with van der Waals surface area (Å²) >= 11 is 11.5. The normalized spacial score (nSPS) is 16.8. The van der Waals surface area contributed by atoms with Crippen LogP contribution in [-0.2, 0) is 4.79 Å². The molecule has 1 aliphatic rings. The van der Waals surface area contributed by atoms with E-state index in [2.05, 4.69) is 16.0 Å². The molecule has 0 fully saturated rings. The molecular weight excluding hydrogens is 380 g/mol. The van der Waals surface area contributed by atoms with Crippen molar-refractivity contribution in [2.75, 3.05) is 5.32 Å². The van der Waals surface area contributed by atoms with Gasteiger partial charge in [0.15, 0.2) is 16.7 Å². The van der Waals surface area contributed by atoms with E-state index < -0.39 is 23.6 Å². The number of anilines is 1. The molecule has 3 N–H and O–H groups in total. The number of rotatable bonds is 3. The summed E-state index contributed by atoms with van der Waals surface area (Å²) < 4.78 is 26.5. The van der Waals surface area contributed by atoms with Crippen LogP contribution in [0, 0.1) is 11.6 Å². The molecule has 2 aromatic rings. The zero-order valence-electron chi connectivity index (χ0n) is 13.6. The van der Waals surface area contributed by atoms with E-state index in [1.54, 1.807) is 31.2 Å². The summed E-state index contributed by atoms with van der Waals surface area (Å²) in [5.41, 5.74) is 1.70. The van der Waals surface area contributed by atoms with Gasteiger partial charge >= 0.3 is 0 Å². The Balaban J connectivity index is 1.97. The first-order valence-electron chi connectivity index (χ1n) is 7.66. The van der Waals surface area contributed by atoms with Gasteiger partial charge in [-0.25, -0.2) is 8.78 Å². The first-order valence-corrected chi connectivity index (χ1v) is 8.44. The summed E-state index contributed by atoms with van der Waals surface area (Å²) in [7, 11) is 0. The lowest BCUT2D eigenvalue weighted by Gasteiger charge is -2.30. The van der Waals surface area contributed by atoms with Crippen molar-refractivity contribution in [3.05, 3.63) is 76.0 Å². The van der Waals surface area contributed by atoms with Crippen LogP contribution in [0.1, 0.15) is 18.5 Å². The average Bonchev–Trinajstić information content (AvgIpc) is 2.57. The topological polar surface area (TPSA) is 53.2 Å². The zero-order chi connectivity index (χ0) is 18.8. The highest BCUT2D eigenvalue weighted by Crippen LogP contribution is 2.32. The fourth-order valence-electron chi connectivity index (χ4n) is 2.71. The molecule has 134 valence electrons. The third kappa shape index (κ3) is 3.68. The van der Waals surface area contributed by atoms with Crippen molar-refractivity contribution in [1.82, 2.24) is 10.6 Å². The van der Waals surface area contributed by atoms with E-state index >= 15 is 0 Å². The lowest BCUT2D eigenvalue weighted by Crippen LogP contribution is -2.45. The van der Waals surface area contributed by atoms with Gasteiger partial charge in [0, 0.05) is 22.5 Å². The quantitative estimate of drug-likeness (QED) is 0.689. The molecule has 1 amide bonds. The van der Waals surface area contributed by atoms with Gasteiger partial charge in [-0.2, -0.15) is 0 Å². The van der Waals surface area contributed by atoms with Crippen LogP contribution in [0.5, 0.6) is 0 Å². The maximum atomic E-state index is 13.4. The second kappa shape index (κ2) is 7.39. The van der Waals surface area contributed by atoms with Crippen LogP contribution < -0.4 is 16.0 Å². The van der Waals surface area contributed by atoms with Crippen molar-refractivity contribution in [1.29, 1.82) is 0 Å². The standard InChI is InChI=1S/C18H14ClF2N3OS/c1-9-15(17(25)23-10-6-7-13(20)14(21)8-10)16(24-18(26)22-9)11-4-2-3-5-12(11)19/h2-8,16H,1H3,(H,23,25)(H2,22,24,26)/t16-/m0/s1. The monoisotopic (exact) mass is 393 g/mol. The molecule has 2 aromatic carbocycles. The van der Waals surface area contributed by atoms with E-state index in [1.165, 1.54) is 6.07 Å². The van der Waals surface area contributed by atoms with Crippen molar-refractivity contribution in [3.63, 3.8) is 0 Å². The summed E-state index contributed by atoms with van der Waals surface area (Å²) in [6, 6.07) is 9.65. The van der Waals surface area contributed by atoms with Gasteiger partial charge in [0.25, 0.3) is 5.91 Å². The number of carbonyl (C=O) groups is 1. The molecule has 4 nitrogen and oxygen atoms in total. The SMILES string of the molecule is CC1=C(C(=O)Nc2ccc(F)c(F)c2)[C@H](c2ccccc2Cl)NC(=S)N1. The van der Waals surface area contributed by atoms with Gasteiger partial charge in [-0.3, -0.25) is 4.79 Å². The second-order valence-electron chi connectivity index (χ2n) is 5.67. The van der Waals surface area contributed by atoms with Gasteiger partial charge in [0.1, 0.15) is 0 Å². The van der Waals surface area contributed by atoms with E-state index in [4.69, 9.17) is 23.8 Å². The Kier molecular flexibility index (Phi) is 5.20. The number of nitrogens with one attached hydrogen (secondary N) is 3. The Bertz CT molecular complexity index is 932. The third-order valence-corrected chi connectivity index (χ3v) is 4.47. The number of carbonyl (C=O) groups excluding carboxylic acids is 1. The molecule has 0 radical (unpaired) electrons. The number of thiocarbonyl (C=S) groups is 1. The van der Waals surface area contributed by atoms with Crippen molar-refractivity contribution >= 4 is 40.5 Å². The summed E-state index contributed by atoms with van der Waals surface area (Å²) in [6.07, 6.45) is 0. The highest BCUT2D eigenvalue weighted by Gasteiger charge is 2.31. The number of hydrogen-bond acceptors (Lipinski definition) is 2. The molecule has 0 saturated carbocycles. The highest BCUT2D eigenvalue weighted by atomic mass is 35.5. The fraction of sp³-hybridized carbons (Fsp3) is 0.111. The van der Waals surface area contributed by atoms with E-state index in [0.29, 0.717) is 27.0 Å². The average molecular weight is 394 g/mol. The number of allylic oxidation sites excluding steroid dienone is 1. The van der Waals surface area contributed by atoms with Crippen molar-refractivity contribution in [2.24, 2.45) is 0 Å². The number of halogens is 3. The van der Waals surface area contributed by atoms with E-state index in [-0.39, 0.29) is 5.69 Å². The number of hydrogen-bond donors (Lipinski definition) is 3. The molecule has 0 aliphatic carbocycles. The van der Waals surface area contributed by atoms with Gasteiger partial charge in [0.2, 0.25) is 0 Å². The third-order valence-electron chi connectivity index (χ3n) is 3.91. The van der Waals surface area contributed by atoms with Crippen LogP contribution >= 0.6 is 23.8 Å². The molecule has 0 aromatic heterocycles. The highest BCUT2D eigenvalue weighted by molar-refractivity contribution is 7.80. The van der Waals surface area contributed by atoms with Gasteiger partial charge in [-0.1, -0.05) is 29.8 Å². The minimum Gasteiger partial charge on any atom is -0.351 e. The summed E-state index contributed by atoms with van der Waals surface area (Å²) in [5.74, 6) is -2.52. The molecule has 26 heavy (non-hydrogen) atoms. The van der Waals surface area contributed by atoms with Crippen LogP contribution in [0.2, 0.25) is 5.02 Å². The molecule has 1 aliphatic heterocycles. The van der Waals surface area contributed by atoms with Gasteiger partial charge in [-0.05, 0) is 42.9 Å². The molecule has 0 bridgehead atoms. The summed E-state index contributed by atoms with van der Waals surface area (Å²) in [4.78, 5) is 12.8. The Hall–Kier alpha value is -2.51. The largest absolute Gasteiger partial charge is 0.351 e. The van der Waals surface area contributed by atoms with Crippen LogP contribution in [0.4, 0.5) is 14.5 Å². The Morgan fingerprint density at radius 3 is 2.62 bits per heavy atom. The van der Waals surface area contributed by atoms with Crippen molar-refractivity contribution in [2.45, 2.75) is 13.0 Å². The lowest BCUT2D eigenvalue weighted by atomic mass is 9.95. The predicted octanol–water partition coefficient (Wildman–Crippen LogP) is 4.05. The molecule has 0 saturated heterocycles. The van der Waals surface area contributed by atoms with E-state index in [1.807, 2.05) is 0 Å². The second-order valence-corrected chi connectivity index (χ2v) is 6.49. The minimum atomic E-state index is -1.04. The van der Waals surface area contributed by atoms with E-state index in [0.717, 1.165) is 12.1 Å². The summed E-state index contributed by atoms with van der Waals surface area (Å²) in [5, 5.41) is 9.33. The summed E-state index contributed by atoms with van der Waals surface area (Å²) in [6.45, 7) is 1.71. The van der Waals surface area contributed by atoms with Crippen molar-refractivity contribution in [3.8, 4) is 0 Å². The Morgan fingerprint density at radius 2 is 1.92 bits per heavy atom. The zero-order valence-corrected chi connectivity index (χ0v) is 15.1. The molecular formula is C18H14ClF2N3OS. The molecule has 0 spiro atoms. The van der Waals surface area contributed by atoms with Gasteiger partial charge in [-0.15, -0.1) is 0 Å². The van der Waals surface area contributed by atoms with Crippen LogP contribution in [0.15, 0.2) is 53.7 Å². The van der Waals surface area contributed by atoms with Crippen molar-refractivity contribution < 1.29 is 13.6 Å². The molecule has 1 heterocycles. The maximum Gasteiger partial charge on any atom is 0.255 e. The maximum absolute atomic E-state index is 13.4. The molecule has 0 unspecified atom stereocenters. The molecule has 1 atom stereocenters.